The topological polar surface area (TPSA) is 90.7 Å². The Morgan fingerprint density at radius 3 is 2.61 bits per heavy atom. The van der Waals surface area contributed by atoms with E-state index in [4.69, 9.17) is 10.2 Å². The van der Waals surface area contributed by atoms with Crippen LogP contribution in [0.5, 0.6) is 0 Å². The maximum atomic E-state index is 5.79. The van der Waals surface area contributed by atoms with Crippen LogP contribution in [0.3, 0.4) is 0 Å². The molecule has 0 spiro atoms. The zero-order chi connectivity index (χ0) is 16.2. The smallest absolute Gasteiger partial charge is 0.224 e. The summed E-state index contributed by atoms with van der Waals surface area (Å²) >= 11 is 1.42. The number of nitrogen functional groups attached to an aromatic ring is 1. The van der Waals surface area contributed by atoms with Gasteiger partial charge in [0.1, 0.15) is 5.82 Å². The van der Waals surface area contributed by atoms with Gasteiger partial charge in [0.25, 0.3) is 0 Å². The molecule has 0 unspecified atom stereocenters. The number of aromatic nitrogens is 4. The van der Waals surface area contributed by atoms with Gasteiger partial charge in [-0.2, -0.15) is 9.97 Å². The minimum atomic E-state index is 0.226. The molecule has 0 aliphatic rings. The summed E-state index contributed by atoms with van der Waals surface area (Å²) in [5, 5.41) is 0.571. The quantitative estimate of drug-likeness (QED) is 0.719. The zero-order valence-corrected chi connectivity index (χ0v) is 13.8. The fourth-order valence-electron chi connectivity index (χ4n) is 2.08. The first kappa shape index (κ1) is 15.5. The van der Waals surface area contributed by atoms with Crippen LogP contribution in [0.4, 0.5) is 5.95 Å². The monoisotopic (exact) mass is 327 g/mol. The van der Waals surface area contributed by atoms with Gasteiger partial charge in [-0.05, 0) is 18.9 Å². The maximum Gasteiger partial charge on any atom is 0.224 e. The molecular formula is C16H17N5OS. The third-order valence-electron chi connectivity index (χ3n) is 3.27. The Morgan fingerprint density at radius 2 is 1.91 bits per heavy atom. The van der Waals surface area contributed by atoms with Crippen LogP contribution in [0, 0.1) is 6.92 Å². The van der Waals surface area contributed by atoms with Gasteiger partial charge < -0.3 is 10.2 Å². The molecule has 2 heterocycles. The highest BCUT2D eigenvalue weighted by atomic mass is 32.2. The number of oxazole rings is 1. The van der Waals surface area contributed by atoms with E-state index in [2.05, 4.69) is 39.0 Å². The highest BCUT2D eigenvalue weighted by Crippen LogP contribution is 2.24. The highest BCUT2D eigenvalue weighted by Gasteiger charge is 2.09. The molecule has 3 rings (SSSR count). The lowest BCUT2D eigenvalue weighted by Crippen LogP contribution is -2.01. The van der Waals surface area contributed by atoms with Crippen LogP contribution >= 0.6 is 11.8 Å². The second-order valence-electron chi connectivity index (χ2n) is 4.98. The molecule has 23 heavy (non-hydrogen) atoms. The maximum absolute atomic E-state index is 5.79. The summed E-state index contributed by atoms with van der Waals surface area (Å²) in [7, 11) is 0. The molecular weight excluding hydrogens is 310 g/mol. The Morgan fingerprint density at radius 1 is 1.13 bits per heavy atom. The fraction of sp³-hybridized carbons (Fsp3) is 0.250. The van der Waals surface area contributed by atoms with Crippen LogP contribution in [-0.2, 0) is 12.2 Å². The van der Waals surface area contributed by atoms with Gasteiger partial charge >= 0.3 is 0 Å². The largest absolute Gasteiger partial charge is 0.440 e. The molecule has 0 aliphatic carbocycles. The van der Waals surface area contributed by atoms with Gasteiger partial charge in [0.15, 0.2) is 10.9 Å². The van der Waals surface area contributed by atoms with Crippen molar-refractivity contribution in [2.75, 3.05) is 5.73 Å². The number of hydrogen-bond acceptors (Lipinski definition) is 7. The minimum Gasteiger partial charge on any atom is -0.440 e. The Hall–Kier alpha value is -2.41. The van der Waals surface area contributed by atoms with E-state index >= 15 is 0 Å². The molecule has 2 N–H and O–H groups in total. The summed E-state index contributed by atoms with van der Waals surface area (Å²) in [6.45, 7) is 3.92. The van der Waals surface area contributed by atoms with Crippen molar-refractivity contribution in [3.8, 4) is 11.3 Å². The first-order chi connectivity index (χ1) is 11.1. The second-order valence-corrected chi connectivity index (χ2v) is 5.92. The molecule has 0 bridgehead atoms. The number of thioether (sulfide) groups is 1. The highest BCUT2D eigenvalue weighted by molar-refractivity contribution is 7.98. The molecule has 2 aromatic heterocycles. The van der Waals surface area contributed by atoms with Gasteiger partial charge in [-0.15, -0.1) is 0 Å². The van der Waals surface area contributed by atoms with Gasteiger partial charge in [0.2, 0.25) is 11.8 Å². The van der Waals surface area contributed by atoms with Crippen LogP contribution in [-0.4, -0.2) is 19.9 Å². The number of anilines is 1. The van der Waals surface area contributed by atoms with Crippen LogP contribution in [0.1, 0.15) is 24.2 Å². The summed E-state index contributed by atoms with van der Waals surface area (Å²) in [6.07, 6.45) is 2.76. The van der Waals surface area contributed by atoms with E-state index in [1.165, 1.54) is 17.3 Å². The molecule has 0 saturated heterocycles. The van der Waals surface area contributed by atoms with Crippen molar-refractivity contribution in [2.45, 2.75) is 31.2 Å². The Bertz CT molecular complexity index is 780. The third-order valence-corrected chi connectivity index (χ3v) is 4.10. The molecule has 118 valence electrons. The molecule has 3 aromatic rings. The molecule has 0 radical (unpaired) electrons. The Balaban J connectivity index is 1.69. The van der Waals surface area contributed by atoms with Crippen molar-refractivity contribution in [2.24, 2.45) is 0 Å². The summed E-state index contributed by atoms with van der Waals surface area (Å²) < 4.78 is 5.79. The third kappa shape index (κ3) is 3.87. The van der Waals surface area contributed by atoms with Crippen molar-refractivity contribution < 1.29 is 4.42 Å². The molecule has 0 saturated carbocycles. The van der Waals surface area contributed by atoms with E-state index < -0.39 is 0 Å². The van der Waals surface area contributed by atoms with Gasteiger partial charge in [0, 0.05) is 5.56 Å². The normalized spacial score (nSPS) is 10.9. The van der Waals surface area contributed by atoms with Crippen LogP contribution < -0.4 is 5.73 Å². The lowest BCUT2D eigenvalue weighted by molar-refractivity contribution is 0.529. The number of hydrogen-bond donors (Lipinski definition) is 1. The van der Waals surface area contributed by atoms with E-state index in [0.29, 0.717) is 22.6 Å². The predicted molar refractivity (Wildman–Crippen MR) is 89.9 cm³/mol. The van der Waals surface area contributed by atoms with E-state index in [9.17, 15) is 0 Å². The molecule has 6 nitrogen and oxygen atoms in total. The Labute approximate surface area is 138 Å². The van der Waals surface area contributed by atoms with E-state index in [1.54, 1.807) is 13.1 Å². The van der Waals surface area contributed by atoms with Gasteiger partial charge in [0.05, 0.1) is 11.9 Å². The molecule has 0 aliphatic heterocycles. The van der Waals surface area contributed by atoms with Crippen molar-refractivity contribution in [3.63, 3.8) is 0 Å². The number of nitrogens with two attached hydrogens (primary N) is 1. The summed E-state index contributed by atoms with van der Waals surface area (Å²) in [5.74, 6) is 2.75. The fourth-order valence-corrected chi connectivity index (χ4v) is 2.82. The molecule has 0 atom stereocenters. The summed E-state index contributed by atoms with van der Waals surface area (Å²) in [4.78, 5) is 16.6. The second kappa shape index (κ2) is 6.78. The summed E-state index contributed by atoms with van der Waals surface area (Å²) in [5.41, 5.74) is 7.94. The molecule has 1 aromatic carbocycles. The average Bonchev–Trinajstić information content (AvgIpc) is 3.01. The standard InChI is InChI=1S/C16H17N5OS/c1-3-11-4-6-12(7-5-11)13-8-18-14(22-13)9-23-16-20-10(2)19-15(17)21-16/h4-8H,3,9H2,1-2H3,(H2,17,19,20,21). The van der Waals surface area contributed by atoms with Crippen molar-refractivity contribution in [3.05, 3.63) is 47.7 Å². The molecule has 0 fully saturated rings. The van der Waals surface area contributed by atoms with E-state index in [0.717, 1.165) is 17.7 Å². The van der Waals surface area contributed by atoms with Crippen LogP contribution in [0.2, 0.25) is 0 Å². The zero-order valence-electron chi connectivity index (χ0n) is 13.0. The van der Waals surface area contributed by atoms with Crippen molar-refractivity contribution >= 4 is 17.7 Å². The predicted octanol–water partition coefficient (Wildman–Crippen LogP) is 3.27. The van der Waals surface area contributed by atoms with Gasteiger partial charge in [-0.3, -0.25) is 0 Å². The first-order valence-corrected chi connectivity index (χ1v) is 8.27. The van der Waals surface area contributed by atoms with Gasteiger partial charge in [-0.1, -0.05) is 43.0 Å². The van der Waals surface area contributed by atoms with E-state index in [-0.39, 0.29) is 5.95 Å². The lowest BCUT2D eigenvalue weighted by Gasteiger charge is -2.00. The van der Waals surface area contributed by atoms with Crippen LogP contribution in [0.15, 0.2) is 40.0 Å². The number of rotatable bonds is 5. The lowest BCUT2D eigenvalue weighted by atomic mass is 10.1. The first-order valence-electron chi connectivity index (χ1n) is 7.29. The summed E-state index contributed by atoms with van der Waals surface area (Å²) in [6, 6.07) is 8.30. The molecule has 0 amide bonds. The average molecular weight is 327 g/mol. The van der Waals surface area contributed by atoms with Gasteiger partial charge in [-0.25, -0.2) is 9.97 Å². The minimum absolute atomic E-state index is 0.226. The molecule has 7 heteroatoms. The number of benzene rings is 1. The van der Waals surface area contributed by atoms with Crippen molar-refractivity contribution in [1.82, 2.24) is 19.9 Å². The van der Waals surface area contributed by atoms with E-state index in [1.807, 2.05) is 12.1 Å². The Kier molecular flexibility index (Phi) is 4.57. The SMILES string of the molecule is CCc1ccc(-c2cnc(CSc3nc(C)nc(N)n3)o2)cc1. The number of aryl methyl sites for hydroxylation is 2. The van der Waals surface area contributed by atoms with Crippen LogP contribution in [0.25, 0.3) is 11.3 Å². The van der Waals surface area contributed by atoms with Crippen molar-refractivity contribution in [1.29, 1.82) is 0 Å². The number of nitrogens with zero attached hydrogens (tertiary/aromatic N) is 4.